The van der Waals surface area contributed by atoms with Gasteiger partial charge in [0.2, 0.25) is 5.78 Å². The van der Waals surface area contributed by atoms with E-state index in [-0.39, 0.29) is 17.7 Å². The van der Waals surface area contributed by atoms with E-state index in [4.69, 9.17) is 9.47 Å². The summed E-state index contributed by atoms with van der Waals surface area (Å²) < 4.78 is 10.0. The van der Waals surface area contributed by atoms with Crippen molar-refractivity contribution in [2.45, 2.75) is 19.4 Å². The van der Waals surface area contributed by atoms with Gasteiger partial charge in [-0.25, -0.2) is 0 Å². The zero-order valence-electron chi connectivity index (χ0n) is 9.80. The normalized spacial score (nSPS) is 23.3. The number of cyclic esters (lactones) is 1. The van der Waals surface area contributed by atoms with Gasteiger partial charge in [-0.05, 0) is 24.3 Å². The molecule has 1 heterocycles. The number of rotatable bonds is 3. The summed E-state index contributed by atoms with van der Waals surface area (Å²) in [4.78, 5) is 23.2. The molecule has 0 N–H and O–H groups in total. The maximum Gasteiger partial charge on any atom is 0.306 e. The van der Waals surface area contributed by atoms with Crippen LogP contribution in [0.4, 0.5) is 0 Å². The van der Waals surface area contributed by atoms with Gasteiger partial charge in [-0.3, -0.25) is 9.59 Å². The molecule has 2 atom stereocenters. The number of esters is 1. The molecule has 1 aromatic carbocycles. The predicted molar refractivity (Wildman–Crippen MR) is 61.0 cm³/mol. The first-order valence-electron chi connectivity index (χ1n) is 5.49. The van der Waals surface area contributed by atoms with Crippen LogP contribution in [0, 0.1) is 5.92 Å². The van der Waals surface area contributed by atoms with Crippen molar-refractivity contribution in [3.8, 4) is 5.75 Å². The Morgan fingerprint density at radius 3 is 2.47 bits per heavy atom. The Hall–Kier alpha value is -1.84. The van der Waals surface area contributed by atoms with Crippen LogP contribution in [0.15, 0.2) is 24.3 Å². The summed E-state index contributed by atoms with van der Waals surface area (Å²) in [6, 6.07) is 6.80. The van der Waals surface area contributed by atoms with Gasteiger partial charge in [-0.15, -0.1) is 0 Å². The minimum atomic E-state index is -0.643. The van der Waals surface area contributed by atoms with E-state index in [1.807, 2.05) is 6.92 Å². The van der Waals surface area contributed by atoms with Gasteiger partial charge in [0.1, 0.15) is 5.75 Å². The van der Waals surface area contributed by atoms with E-state index in [1.165, 1.54) is 0 Å². The second-order valence-corrected chi connectivity index (χ2v) is 4.18. The van der Waals surface area contributed by atoms with Gasteiger partial charge in [-0.1, -0.05) is 6.92 Å². The number of hydrogen-bond acceptors (Lipinski definition) is 4. The quantitative estimate of drug-likeness (QED) is 0.591. The molecule has 4 heteroatoms. The first-order valence-corrected chi connectivity index (χ1v) is 5.49. The van der Waals surface area contributed by atoms with Gasteiger partial charge in [0.25, 0.3) is 0 Å². The topological polar surface area (TPSA) is 52.6 Å². The zero-order chi connectivity index (χ0) is 12.4. The highest BCUT2D eigenvalue weighted by atomic mass is 16.6. The fourth-order valence-corrected chi connectivity index (χ4v) is 1.91. The van der Waals surface area contributed by atoms with E-state index >= 15 is 0 Å². The van der Waals surface area contributed by atoms with Crippen LogP contribution in [0.3, 0.4) is 0 Å². The van der Waals surface area contributed by atoms with Crippen molar-refractivity contribution in [3.05, 3.63) is 29.8 Å². The van der Waals surface area contributed by atoms with Gasteiger partial charge in [0.05, 0.1) is 13.5 Å². The highest BCUT2D eigenvalue weighted by Gasteiger charge is 2.37. The van der Waals surface area contributed by atoms with Crippen LogP contribution in [0.5, 0.6) is 5.75 Å². The zero-order valence-corrected chi connectivity index (χ0v) is 9.80. The molecular formula is C13H14O4. The van der Waals surface area contributed by atoms with E-state index in [1.54, 1.807) is 31.4 Å². The minimum Gasteiger partial charge on any atom is -0.497 e. The lowest BCUT2D eigenvalue weighted by molar-refractivity contribution is -0.140. The summed E-state index contributed by atoms with van der Waals surface area (Å²) >= 11 is 0. The fourth-order valence-electron chi connectivity index (χ4n) is 1.91. The van der Waals surface area contributed by atoms with Crippen molar-refractivity contribution in [1.82, 2.24) is 0 Å². The summed E-state index contributed by atoms with van der Waals surface area (Å²) in [5, 5.41) is 0. The Morgan fingerprint density at radius 1 is 1.35 bits per heavy atom. The fraction of sp³-hybridized carbons (Fsp3) is 0.385. The SMILES string of the molecule is COc1ccc(C(=O)C2OC(=O)CC2C)cc1. The number of Topliss-reactive ketones (excluding diaryl/α,β-unsaturated/α-hetero) is 1. The Bertz CT molecular complexity index is 435. The van der Waals surface area contributed by atoms with Crippen LogP contribution in [0.25, 0.3) is 0 Å². The Labute approximate surface area is 99.5 Å². The van der Waals surface area contributed by atoms with Crippen molar-refractivity contribution >= 4 is 11.8 Å². The average molecular weight is 234 g/mol. The second-order valence-electron chi connectivity index (χ2n) is 4.18. The largest absolute Gasteiger partial charge is 0.497 e. The lowest BCUT2D eigenvalue weighted by Gasteiger charge is -2.12. The van der Waals surface area contributed by atoms with E-state index in [9.17, 15) is 9.59 Å². The second kappa shape index (κ2) is 4.57. The van der Waals surface area contributed by atoms with Gasteiger partial charge in [0.15, 0.2) is 6.10 Å². The smallest absolute Gasteiger partial charge is 0.306 e. The molecule has 0 aliphatic carbocycles. The first-order chi connectivity index (χ1) is 8.11. The van der Waals surface area contributed by atoms with E-state index < -0.39 is 6.10 Å². The van der Waals surface area contributed by atoms with Gasteiger partial charge < -0.3 is 9.47 Å². The predicted octanol–water partition coefficient (Wildman–Crippen LogP) is 1.83. The molecule has 0 amide bonds. The highest BCUT2D eigenvalue weighted by molar-refractivity contribution is 6.01. The van der Waals surface area contributed by atoms with Gasteiger partial charge >= 0.3 is 5.97 Å². The van der Waals surface area contributed by atoms with Crippen LogP contribution in [-0.2, 0) is 9.53 Å². The third kappa shape index (κ3) is 2.30. The summed E-state index contributed by atoms with van der Waals surface area (Å²) in [7, 11) is 1.57. The van der Waals surface area contributed by atoms with Crippen LogP contribution < -0.4 is 4.74 Å². The molecule has 17 heavy (non-hydrogen) atoms. The van der Waals surface area contributed by atoms with Crippen molar-refractivity contribution in [2.75, 3.05) is 7.11 Å². The average Bonchev–Trinajstić information content (AvgIpc) is 2.68. The number of carbonyl (C=O) groups is 2. The maximum absolute atomic E-state index is 12.1. The molecule has 1 saturated heterocycles. The summed E-state index contributed by atoms with van der Waals surface area (Å²) in [6.07, 6.45) is -0.331. The molecule has 2 rings (SSSR count). The first kappa shape index (κ1) is 11.6. The lowest BCUT2D eigenvalue weighted by Crippen LogP contribution is -2.25. The third-order valence-corrected chi connectivity index (χ3v) is 2.90. The molecule has 0 bridgehead atoms. The Morgan fingerprint density at radius 2 is 2.00 bits per heavy atom. The third-order valence-electron chi connectivity index (χ3n) is 2.90. The van der Waals surface area contributed by atoms with Crippen LogP contribution in [0.1, 0.15) is 23.7 Å². The molecule has 90 valence electrons. The summed E-state index contributed by atoms with van der Waals surface area (Å²) in [5.74, 6) is 0.186. The number of hydrogen-bond donors (Lipinski definition) is 0. The van der Waals surface area contributed by atoms with Crippen molar-refractivity contribution in [1.29, 1.82) is 0 Å². The van der Waals surface area contributed by atoms with Crippen molar-refractivity contribution in [3.63, 3.8) is 0 Å². The lowest BCUT2D eigenvalue weighted by atomic mass is 9.96. The Kier molecular flexibility index (Phi) is 3.13. The molecule has 4 nitrogen and oxygen atoms in total. The number of benzene rings is 1. The molecule has 1 fully saturated rings. The molecule has 0 aromatic heterocycles. The van der Waals surface area contributed by atoms with E-state index in [2.05, 4.69) is 0 Å². The minimum absolute atomic E-state index is 0.0582. The molecule has 0 spiro atoms. The molecular weight excluding hydrogens is 220 g/mol. The molecule has 2 unspecified atom stereocenters. The number of methoxy groups -OCH3 is 1. The monoisotopic (exact) mass is 234 g/mol. The highest BCUT2D eigenvalue weighted by Crippen LogP contribution is 2.25. The number of ether oxygens (including phenoxy) is 2. The van der Waals surface area contributed by atoms with Crippen LogP contribution in [-0.4, -0.2) is 25.0 Å². The number of carbonyl (C=O) groups excluding carboxylic acids is 2. The molecule has 0 radical (unpaired) electrons. The molecule has 0 saturated carbocycles. The van der Waals surface area contributed by atoms with Gasteiger partial charge in [-0.2, -0.15) is 0 Å². The van der Waals surface area contributed by atoms with E-state index in [0.717, 1.165) is 0 Å². The molecule has 1 aliphatic heterocycles. The van der Waals surface area contributed by atoms with Crippen molar-refractivity contribution in [2.24, 2.45) is 5.92 Å². The summed E-state index contributed by atoms with van der Waals surface area (Å²) in [5.41, 5.74) is 0.539. The van der Waals surface area contributed by atoms with Crippen LogP contribution >= 0.6 is 0 Å². The maximum atomic E-state index is 12.1. The Balaban J connectivity index is 2.16. The van der Waals surface area contributed by atoms with Gasteiger partial charge in [0, 0.05) is 11.5 Å². The molecule has 1 aromatic rings. The molecule has 1 aliphatic rings. The standard InChI is InChI=1S/C13H14O4/c1-8-7-11(14)17-13(8)12(15)9-3-5-10(16-2)6-4-9/h3-6,8,13H,7H2,1-2H3. The van der Waals surface area contributed by atoms with Crippen molar-refractivity contribution < 1.29 is 19.1 Å². The number of ketones is 1. The summed E-state index contributed by atoms with van der Waals surface area (Å²) in [6.45, 7) is 1.84. The van der Waals surface area contributed by atoms with E-state index in [0.29, 0.717) is 17.7 Å². The van der Waals surface area contributed by atoms with Crippen LogP contribution in [0.2, 0.25) is 0 Å².